The first-order chi connectivity index (χ1) is 14.0. The largest absolute Gasteiger partial charge is 0.348 e. The van der Waals surface area contributed by atoms with E-state index in [1.54, 1.807) is 54.9 Å². The quantitative estimate of drug-likeness (QED) is 0.659. The minimum Gasteiger partial charge on any atom is -0.348 e. The van der Waals surface area contributed by atoms with Crippen LogP contribution in [0.3, 0.4) is 0 Å². The minimum atomic E-state index is -0.436. The Morgan fingerprint density at radius 3 is 2.45 bits per heavy atom. The van der Waals surface area contributed by atoms with Gasteiger partial charge in [0, 0.05) is 29.5 Å². The van der Waals surface area contributed by atoms with Crippen LogP contribution in [0.2, 0.25) is 5.02 Å². The van der Waals surface area contributed by atoms with Crippen molar-refractivity contribution in [2.75, 3.05) is 0 Å². The fraction of sp³-hybridized carbons (Fsp3) is 0.0909. The Kier molecular flexibility index (Phi) is 5.10. The van der Waals surface area contributed by atoms with Crippen molar-refractivity contribution in [3.8, 4) is 0 Å². The molecule has 3 amide bonds. The summed E-state index contributed by atoms with van der Waals surface area (Å²) in [5.41, 5.74) is 2.41. The van der Waals surface area contributed by atoms with Crippen LogP contribution in [0.5, 0.6) is 0 Å². The highest BCUT2D eigenvalue weighted by molar-refractivity contribution is 6.31. The molecule has 0 fully saturated rings. The molecule has 1 aliphatic rings. The Hall–Kier alpha value is -3.51. The third kappa shape index (κ3) is 3.75. The van der Waals surface area contributed by atoms with Gasteiger partial charge in [0.15, 0.2) is 0 Å². The summed E-state index contributed by atoms with van der Waals surface area (Å²) < 4.78 is 0. The van der Waals surface area contributed by atoms with Crippen LogP contribution < -0.4 is 5.32 Å². The summed E-state index contributed by atoms with van der Waals surface area (Å²) in [6.07, 6.45) is 3.30. The Balaban J connectivity index is 1.52. The number of hydrogen-bond donors (Lipinski definition) is 1. The van der Waals surface area contributed by atoms with Crippen molar-refractivity contribution in [3.63, 3.8) is 0 Å². The van der Waals surface area contributed by atoms with E-state index in [9.17, 15) is 14.4 Å². The molecule has 1 aliphatic heterocycles. The maximum atomic E-state index is 12.8. The molecule has 144 valence electrons. The molecule has 4 rings (SSSR count). The van der Waals surface area contributed by atoms with Gasteiger partial charge in [-0.15, -0.1) is 0 Å². The number of pyridine rings is 1. The lowest BCUT2D eigenvalue weighted by Gasteiger charge is -2.14. The predicted molar refractivity (Wildman–Crippen MR) is 108 cm³/mol. The molecular formula is C22H16ClN3O3. The number of benzene rings is 2. The topological polar surface area (TPSA) is 79.4 Å². The molecule has 2 aromatic carbocycles. The lowest BCUT2D eigenvalue weighted by atomic mass is 10.1. The highest BCUT2D eigenvalue weighted by atomic mass is 35.5. The molecule has 6 nitrogen and oxygen atoms in total. The number of carbonyl (C=O) groups excluding carboxylic acids is 3. The molecule has 0 saturated heterocycles. The normalized spacial score (nSPS) is 12.8. The third-order valence-corrected chi connectivity index (χ3v) is 5.09. The number of carbonyl (C=O) groups is 3. The van der Waals surface area contributed by atoms with Gasteiger partial charge in [0.25, 0.3) is 17.7 Å². The van der Waals surface area contributed by atoms with Crippen molar-refractivity contribution in [3.05, 3.63) is 99.8 Å². The van der Waals surface area contributed by atoms with Gasteiger partial charge in [0.1, 0.15) is 0 Å². The maximum absolute atomic E-state index is 12.8. The van der Waals surface area contributed by atoms with Crippen LogP contribution >= 0.6 is 11.6 Å². The summed E-state index contributed by atoms with van der Waals surface area (Å²) in [6.45, 7) is 0.416. The minimum absolute atomic E-state index is 0.0790. The summed E-state index contributed by atoms with van der Waals surface area (Å²) in [6, 6.07) is 15.2. The van der Waals surface area contributed by atoms with Gasteiger partial charge in [-0.25, -0.2) is 0 Å². The van der Waals surface area contributed by atoms with E-state index in [4.69, 9.17) is 11.6 Å². The number of halogens is 1. The van der Waals surface area contributed by atoms with Crippen molar-refractivity contribution in [2.24, 2.45) is 0 Å². The van der Waals surface area contributed by atoms with E-state index in [2.05, 4.69) is 10.3 Å². The molecule has 0 aliphatic carbocycles. The molecule has 0 spiro atoms. The predicted octanol–water partition coefficient (Wildman–Crippen LogP) is 3.46. The van der Waals surface area contributed by atoms with Crippen LogP contribution in [-0.2, 0) is 13.1 Å². The SMILES string of the molecule is O=C(NCc1ccncc1)c1ccc2c(c1)C(=O)N(Cc1ccccc1Cl)C2=O. The molecule has 7 heteroatoms. The van der Waals surface area contributed by atoms with Crippen molar-refractivity contribution in [1.82, 2.24) is 15.2 Å². The van der Waals surface area contributed by atoms with E-state index in [1.165, 1.54) is 12.1 Å². The monoisotopic (exact) mass is 405 g/mol. The maximum Gasteiger partial charge on any atom is 0.261 e. The number of nitrogens with one attached hydrogen (secondary N) is 1. The number of amides is 3. The summed E-state index contributed by atoms with van der Waals surface area (Å²) in [4.78, 5) is 43.0. The average molecular weight is 406 g/mol. The van der Waals surface area contributed by atoms with Crippen LogP contribution in [-0.4, -0.2) is 27.6 Å². The zero-order chi connectivity index (χ0) is 20.4. The van der Waals surface area contributed by atoms with Gasteiger partial charge < -0.3 is 5.32 Å². The molecule has 3 aromatic rings. The summed E-state index contributed by atoms with van der Waals surface area (Å²) >= 11 is 6.16. The van der Waals surface area contributed by atoms with Crippen LogP contribution in [0, 0.1) is 0 Å². The van der Waals surface area contributed by atoms with Gasteiger partial charge in [-0.3, -0.25) is 24.3 Å². The highest BCUT2D eigenvalue weighted by Crippen LogP contribution is 2.27. The van der Waals surface area contributed by atoms with E-state index >= 15 is 0 Å². The number of fused-ring (bicyclic) bond motifs is 1. The number of hydrogen-bond acceptors (Lipinski definition) is 4. The van der Waals surface area contributed by atoms with Crippen molar-refractivity contribution < 1.29 is 14.4 Å². The first-order valence-electron chi connectivity index (χ1n) is 8.95. The third-order valence-electron chi connectivity index (χ3n) is 4.72. The van der Waals surface area contributed by atoms with Crippen molar-refractivity contribution in [2.45, 2.75) is 13.1 Å². The van der Waals surface area contributed by atoms with E-state index in [1.807, 2.05) is 0 Å². The van der Waals surface area contributed by atoms with Crippen molar-refractivity contribution >= 4 is 29.3 Å². The number of rotatable bonds is 5. The van der Waals surface area contributed by atoms with Crippen molar-refractivity contribution in [1.29, 1.82) is 0 Å². The van der Waals surface area contributed by atoms with Crippen LogP contribution in [0.15, 0.2) is 67.0 Å². The average Bonchev–Trinajstić information content (AvgIpc) is 2.98. The van der Waals surface area contributed by atoms with E-state index < -0.39 is 11.8 Å². The van der Waals surface area contributed by atoms with E-state index in [-0.39, 0.29) is 23.6 Å². The van der Waals surface area contributed by atoms with Crippen LogP contribution in [0.25, 0.3) is 0 Å². The zero-order valence-corrected chi connectivity index (χ0v) is 16.0. The molecule has 0 bridgehead atoms. The van der Waals surface area contributed by atoms with E-state index in [0.29, 0.717) is 22.7 Å². The van der Waals surface area contributed by atoms with E-state index in [0.717, 1.165) is 10.5 Å². The zero-order valence-electron chi connectivity index (χ0n) is 15.3. The molecule has 0 atom stereocenters. The second-order valence-corrected chi connectivity index (χ2v) is 6.99. The Labute approximate surface area is 172 Å². The highest BCUT2D eigenvalue weighted by Gasteiger charge is 2.36. The van der Waals surface area contributed by atoms with Crippen LogP contribution in [0.4, 0.5) is 0 Å². The fourth-order valence-electron chi connectivity index (χ4n) is 3.16. The molecule has 1 aromatic heterocycles. The van der Waals surface area contributed by atoms with Gasteiger partial charge >= 0.3 is 0 Å². The molecule has 2 heterocycles. The van der Waals surface area contributed by atoms with Gasteiger partial charge in [0.2, 0.25) is 0 Å². The Morgan fingerprint density at radius 2 is 1.69 bits per heavy atom. The molecule has 29 heavy (non-hydrogen) atoms. The summed E-state index contributed by atoms with van der Waals surface area (Å²) in [7, 11) is 0. The van der Waals surface area contributed by atoms with Gasteiger partial charge in [-0.05, 0) is 47.5 Å². The molecule has 1 N–H and O–H groups in total. The Morgan fingerprint density at radius 1 is 0.966 bits per heavy atom. The molecular weight excluding hydrogens is 390 g/mol. The second-order valence-electron chi connectivity index (χ2n) is 6.59. The van der Waals surface area contributed by atoms with Gasteiger partial charge in [0.05, 0.1) is 17.7 Å². The standard InChI is InChI=1S/C22H16ClN3O3/c23-19-4-2-1-3-16(19)13-26-21(28)17-6-5-15(11-18(17)22(26)29)20(27)25-12-14-7-9-24-10-8-14/h1-11H,12-13H2,(H,25,27). The number of imide groups is 1. The number of aromatic nitrogens is 1. The summed E-state index contributed by atoms with van der Waals surface area (Å²) in [5.74, 6) is -1.16. The first kappa shape index (κ1) is 18.8. The lowest BCUT2D eigenvalue weighted by Crippen LogP contribution is -2.29. The summed E-state index contributed by atoms with van der Waals surface area (Å²) in [5, 5.41) is 3.28. The second kappa shape index (κ2) is 7.85. The number of nitrogens with zero attached hydrogens (tertiary/aromatic N) is 2. The van der Waals surface area contributed by atoms with Crippen LogP contribution in [0.1, 0.15) is 42.2 Å². The first-order valence-corrected chi connectivity index (χ1v) is 9.33. The Bertz CT molecular complexity index is 1120. The molecule has 0 radical (unpaired) electrons. The smallest absolute Gasteiger partial charge is 0.261 e. The van der Waals surface area contributed by atoms with Gasteiger partial charge in [-0.1, -0.05) is 29.8 Å². The fourth-order valence-corrected chi connectivity index (χ4v) is 3.35. The van der Waals surface area contributed by atoms with Gasteiger partial charge in [-0.2, -0.15) is 0 Å². The molecule has 0 saturated carbocycles. The lowest BCUT2D eigenvalue weighted by molar-refractivity contribution is 0.0642. The molecule has 0 unspecified atom stereocenters.